The third kappa shape index (κ3) is 5.20. The van der Waals surface area contributed by atoms with Crippen LogP contribution in [0.15, 0.2) is 30.3 Å². The molecule has 0 saturated carbocycles. The number of phenolic OH excluding ortho intramolecular Hbond substituents is 1. The lowest BCUT2D eigenvalue weighted by Crippen LogP contribution is -2.04. The van der Waals surface area contributed by atoms with E-state index in [1.807, 2.05) is 0 Å². The summed E-state index contributed by atoms with van der Waals surface area (Å²) in [6, 6.07) is 6.83. The van der Waals surface area contributed by atoms with E-state index in [1.165, 1.54) is 6.08 Å². The molecular formula is C14H18O3. The zero-order chi connectivity index (χ0) is 12.7. The molecule has 3 nitrogen and oxygen atoms in total. The second-order valence-corrected chi connectivity index (χ2v) is 4.24. The van der Waals surface area contributed by atoms with E-state index in [4.69, 9.17) is 4.74 Å². The van der Waals surface area contributed by atoms with E-state index in [0.29, 0.717) is 18.1 Å². The average molecular weight is 234 g/mol. The maximum atomic E-state index is 11.3. The second-order valence-electron chi connectivity index (χ2n) is 4.24. The quantitative estimate of drug-likeness (QED) is 0.629. The molecule has 1 N–H and O–H groups in total. The van der Waals surface area contributed by atoms with Crippen LogP contribution in [0.5, 0.6) is 5.75 Å². The minimum Gasteiger partial charge on any atom is -0.507 e. The van der Waals surface area contributed by atoms with Gasteiger partial charge in [-0.25, -0.2) is 4.79 Å². The Morgan fingerprint density at radius 3 is 2.76 bits per heavy atom. The van der Waals surface area contributed by atoms with E-state index in [2.05, 4.69) is 13.8 Å². The molecular weight excluding hydrogens is 216 g/mol. The number of ether oxygens (including phenoxy) is 1. The fourth-order valence-electron chi connectivity index (χ4n) is 1.23. The van der Waals surface area contributed by atoms with Crippen LogP contribution < -0.4 is 0 Å². The number of rotatable bonds is 5. The third-order valence-electron chi connectivity index (χ3n) is 2.28. The Hall–Kier alpha value is -1.77. The molecule has 0 radical (unpaired) electrons. The van der Waals surface area contributed by atoms with Gasteiger partial charge in [-0.2, -0.15) is 0 Å². The van der Waals surface area contributed by atoms with Gasteiger partial charge < -0.3 is 9.84 Å². The molecule has 1 rings (SSSR count). The van der Waals surface area contributed by atoms with Crippen LogP contribution in [-0.4, -0.2) is 17.7 Å². The molecule has 0 spiro atoms. The number of para-hydroxylation sites is 1. The van der Waals surface area contributed by atoms with Crippen LogP contribution in [0.1, 0.15) is 25.8 Å². The summed E-state index contributed by atoms with van der Waals surface area (Å²) in [6.45, 7) is 4.58. The van der Waals surface area contributed by atoms with E-state index in [0.717, 1.165) is 6.42 Å². The van der Waals surface area contributed by atoms with Gasteiger partial charge in [-0.15, -0.1) is 0 Å². The molecule has 0 aromatic heterocycles. The Bertz CT molecular complexity index is 394. The molecule has 0 saturated heterocycles. The minimum atomic E-state index is -0.381. The van der Waals surface area contributed by atoms with Crippen LogP contribution in [0.4, 0.5) is 0 Å². The van der Waals surface area contributed by atoms with Crippen molar-refractivity contribution in [3.63, 3.8) is 0 Å². The lowest BCUT2D eigenvalue weighted by atomic mass is 10.1. The molecule has 3 heteroatoms. The molecule has 0 aliphatic rings. The number of hydrogen-bond donors (Lipinski definition) is 1. The average Bonchev–Trinajstić information content (AvgIpc) is 2.27. The molecule has 92 valence electrons. The summed E-state index contributed by atoms with van der Waals surface area (Å²) in [5.41, 5.74) is 0.605. The summed E-state index contributed by atoms with van der Waals surface area (Å²) in [5.74, 6) is 0.289. The highest BCUT2D eigenvalue weighted by Gasteiger charge is 2.00. The summed E-state index contributed by atoms with van der Waals surface area (Å²) in [6.07, 6.45) is 3.73. The number of aromatic hydroxyl groups is 1. The van der Waals surface area contributed by atoms with E-state index >= 15 is 0 Å². The molecule has 0 unspecified atom stereocenters. The van der Waals surface area contributed by atoms with Crippen LogP contribution in [0.3, 0.4) is 0 Å². The molecule has 0 aliphatic carbocycles. The number of carbonyl (C=O) groups excluding carboxylic acids is 1. The summed E-state index contributed by atoms with van der Waals surface area (Å²) >= 11 is 0. The van der Waals surface area contributed by atoms with Gasteiger partial charge >= 0.3 is 5.97 Å². The van der Waals surface area contributed by atoms with Gasteiger partial charge in [-0.1, -0.05) is 32.0 Å². The van der Waals surface area contributed by atoms with Crippen molar-refractivity contribution >= 4 is 12.0 Å². The van der Waals surface area contributed by atoms with Crippen molar-refractivity contribution in [3.05, 3.63) is 35.9 Å². The van der Waals surface area contributed by atoms with E-state index in [1.54, 1.807) is 30.3 Å². The SMILES string of the molecule is CC(C)CCOC(=O)/C=C/c1ccccc1O. The molecule has 0 bridgehead atoms. The normalized spacial score (nSPS) is 11.0. The summed E-state index contributed by atoms with van der Waals surface area (Å²) in [7, 11) is 0. The topological polar surface area (TPSA) is 46.5 Å². The molecule has 0 amide bonds. The number of carbonyl (C=O) groups is 1. The van der Waals surface area contributed by atoms with Gasteiger partial charge in [-0.3, -0.25) is 0 Å². The standard InChI is InChI=1S/C14H18O3/c1-11(2)9-10-17-14(16)8-7-12-5-3-4-6-13(12)15/h3-8,11,15H,9-10H2,1-2H3/b8-7+. The minimum absolute atomic E-state index is 0.152. The molecule has 0 aliphatic heterocycles. The number of phenols is 1. The third-order valence-corrected chi connectivity index (χ3v) is 2.28. The van der Waals surface area contributed by atoms with Crippen molar-refractivity contribution in [3.8, 4) is 5.75 Å². The predicted octanol–water partition coefficient (Wildman–Crippen LogP) is 2.99. The van der Waals surface area contributed by atoms with Gasteiger partial charge in [0.2, 0.25) is 0 Å². The fourth-order valence-corrected chi connectivity index (χ4v) is 1.23. The lowest BCUT2D eigenvalue weighted by Gasteiger charge is -2.04. The van der Waals surface area contributed by atoms with Crippen molar-refractivity contribution in [1.82, 2.24) is 0 Å². The molecule has 0 heterocycles. The van der Waals surface area contributed by atoms with Crippen molar-refractivity contribution in [1.29, 1.82) is 0 Å². The summed E-state index contributed by atoms with van der Waals surface area (Å²) in [5, 5.41) is 9.47. The van der Waals surface area contributed by atoms with E-state index in [-0.39, 0.29) is 11.7 Å². The Morgan fingerprint density at radius 2 is 2.12 bits per heavy atom. The zero-order valence-electron chi connectivity index (χ0n) is 10.2. The summed E-state index contributed by atoms with van der Waals surface area (Å²) < 4.78 is 5.01. The van der Waals surface area contributed by atoms with Gasteiger partial charge in [-0.05, 0) is 24.5 Å². The highest BCUT2D eigenvalue weighted by Crippen LogP contribution is 2.16. The number of esters is 1. The Balaban J connectivity index is 2.43. The van der Waals surface area contributed by atoms with Gasteiger partial charge in [0.1, 0.15) is 5.75 Å². The first kappa shape index (κ1) is 13.3. The highest BCUT2D eigenvalue weighted by atomic mass is 16.5. The molecule has 0 atom stereocenters. The van der Waals surface area contributed by atoms with E-state index < -0.39 is 0 Å². The van der Waals surface area contributed by atoms with Crippen LogP contribution in [0, 0.1) is 5.92 Å². The van der Waals surface area contributed by atoms with Crippen molar-refractivity contribution in [2.45, 2.75) is 20.3 Å². The van der Waals surface area contributed by atoms with Crippen molar-refractivity contribution < 1.29 is 14.6 Å². The Morgan fingerprint density at radius 1 is 1.41 bits per heavy atom. The maximum absolute atomic E-state index is 11.3. The first-order valence-electron chi connectivity index (χ1n) is 5.72. The zero-order valence-corrected chi connectivity index (χ0v) is 10.2. The molecule has 0 fully saturated rings. The van der Waals surface area contributed by atoms with Gasteiger partial charge in [0.15, 0.2) is 0 Å². The smallest absolute Gasteiger partial charge is 0.330 e. The Kier molecular flexibility index (Phi) is 5.27. The maximum Gasteiger partial charge on any atom is 0.330 e. The predicted molar refractivity (Wildman–Crippen MR) is 67.6 cm³/mol. The van der Waals surface area contributed by atoms with Crippen LogP contribution in [-0.2, 0) is 9.53 Å². The van der Waals surface area contributed by atoms with E-state index in [9.17, 15) is 9.90 Å². The van der Waals surface area contributed by atoms with Gasteiger partial charge in [0.25, 0.3) is 0 Å². The molecule has 1 aromatic carbocycles. The Labute approximate surface area is 102 Å². The van der Waals surface area contributed by atoms with Crippen LogP contribution >= 0.6 is 0 Å². The fraction of sp³-hybridized carbons (Fsp3) is 0.357. The largest absolute Gasteiger partial charge is 0.507 e. The van der Waals surface area contributed by atoms with Gasteiger partial charge in [0, 0.05) is 11.6 Å². The first-order chi connectivity index (χ1) is 8.09. The first-order valence-corrected chi connectivity index (χ1v) is 5.72. The number of benzene rings is 1. The highest BCUT2D eigenvalue weighted by molar-refractivity contribution is 5.87. The number of hydrogen-bond acceptors (Lipinski definition) is 3. The summed E-state index contributed by atoms with van der Waals surface area (Å²) in [4.78, 5) is 11.3. The van der Waals surface area contributed by atoms with Crippen molar-refractivity contribution in [2.75, 3.05) is 6.61 Å². The molecule has 1 aromatic rings. The molecule has 17 heavy (non-hydrogen) atoms. The lowest BCUT2D eigenvalue weighted by molar-refractivity contribution is -0.137. The van der Waals surface area contributed by atoms with Crippen molar-refractivity contribution in [2.24, 2.45) is 5.92 Å². The van der Waals surface area contributed by atoms with Crippen LogP contribution in [0.25, 0.3) is 6.08 Å². The second kappa shape index (κ2) is 6.74. The van der Waals surface area contributed by atoms with Crippen LogP contribution in [0.2, 0.25) is 0 Å². The monoisotopic (exact) mass is 234 g/mol. The van der Waals surface area contributed by atoms with Gasteiger partial charge in [0.05, 0.1) is 6.61 Å².